The van der Waals surface area contributed by atoms with E-state index in [1.165, 1.54) is 16.7 Å². The highest BCUT2D eigenvalue weighted by Crippen LogP contribution is 2.30. The highest BCUT2D eigenvalue weighted by atomic mass is 16.5. The third kappa shape index (κ3) is 4.47. The molecule has 0 spiro atoms. The lowest BCUT2D eigenvalue weighted by atomic mass is 9.84. The minimum Gasteiger partial charge on any atom is -0.379 e. The van der Waals surface area contributed by atoms with Crippen LogP contribution in [-0.2, 0) is 16.6 Å². The molecule has 1 saturated heterocycles. The number of benzene rings is 2. The maximum Gasteiger partial charge on any atom is 0.180 e. The van der Waals surface area contributed by atoms with Crippen LogP contribution in [0.1, 0.15) is 30.5 Å². The number of aromatic nitrogens is 3. The van der Waals surface area contributed by atoms with Gasteiger partial charge in [0.2, 0.25) is 0 Å². The number of fused-ring (bicyclic) bond motifs is 2. The van der Waals surface area contributed by atoms with Gasteiger partial charge in [-0.2, -0.15) is 0 Å². The molecule has 1 aliphatic carbocycles. The molecule has 0 unspecified atom stereocenters. The summed E-state index contributed by atoms with van der Waals surface area (Å²) in [6.45, 7) is 9.33. The molecule has 2 aromatic heterocycles. The van der Waals surface area contributed by atoms with Gasteiger partial charge in [-0.1, -0.05) is 50.3 Å². The van der Waals surface area contributed by atoms with Crippen molar-refractivity contribution >= 4 is 23.2 Å². The van der Waals surface area contributed by atoms with E-state index < -0.39 is 0 Å². The van der Waals surface area contributed by atoms with Crippen LogP contribution in [0.2, 0.25) is 0 Å². The van der Waals surface area contributed by atoms with Crippen molar-refractivity contribution in [3.05, 3.63) is 83.8 Å². The lowest BCUT2D eigenvalue weighted by Crippen LogP contribution is -2.43. The molecule has 3 heterocycles. The monoisotopic (exact) mass is 465 g/mol. The van der Waals surface area contributed by atoms with Crippen LogP contribution in [-0.4, -0.2) is 52.1 Å². The molecule has 1 N–H and O–H groups in total. The molecule has 6 rings (SSSR count). The molecule has 0 radical (unpaired) electrons. The molecular formula is C29H31N5O. The minimum absolute atomic E-state index is 0.0623. The van der Waals surface area contributed by atoms with Crippen LogP contribution in [0.3, 0.4) is 0 Å². The zero-order valence-corrected chi connectivity index (χ0v) is 20.4. The molecule has 2 aliphatic rings. The summed E-state index contributed by atoms with van der Waals surface area (Å²) in [6.07, 6.45) is 11.2. The van der Waals surface area contributed by atoms with Crippen molar-refractivity contribution < 1.29 is 4.74 Å². The van der Waals surface area contributed by atoms with Gasteiger partial charge in [-0.05, 0) is 41.3 Å². The van der Waals surface area contributed by atoms with E-state index in [-0.39, 0.29) is 5.41 Å². The predicted octanol–water partition coefficient (Wildman–Crippen LogP) is 5.32. The number of hydrogen-bond donors (Lipinski definition) is 1. The molecule has 1 aliphatic heterocycles. The van der Waals surface area contributed by atoms with Crippen LogP contribution >= 0.6 is 0 Å². The Morgan fingerprint density at radius 2 is 1.89 bits per heavy atom. The minimum atomic E-state index is 0.0623. The molecule has 0 bridgehead atoms. The first-order chi connectivity index (χ1) is 17.0. The Hall–Kier alpha value is -3.48. The Labute approximate surface area is 206 Å². The van der Waals surface area contributed by atoms with Gasteiger partial charge in [0, 0.05) is 54.9 Å². The Balaban J connectivity index is 1.25. The second kappa shape index (κ2) is 8.95. The third-order valence-electron chi connectivity index (χ3n) is 7.10. The molecule has 1 fully saturated rings. The van der Waals surface area contributed by atoms with Crippen molar-refractivity contribution in [3.8, 4) is 11.3 Å². The van der Waals surface area contributed by atoms with E-state index in [0.717, 1.165) is 67.7 Å². The quantitative estimate of drug-likeness (QED) is 0.418. The number of rotatable bonds is 6. The molecule has 4 aromatic rings. The lowest BCUT2D eigenvalue weighted by Gasteiger charge is -2.35. The fraction of sp³-hybridized carbons (Fsp3) is 0.310. The first-order valence-electron chi connectivity index (χ1n) is 12.4. The van der Waals surface area contributed by atoms with Gasteiger partial charge in [-0.3, -0.25) is 4.90 Å². The number of allylic oxidation sites excluding steroid dienone is 1. The summed E-state index contributed by atoms with van der Waals surface area (Å²) in [5.41, 5.74) is 7.90. The zero-order valence-electron chi connectivity index (χ0n) is 20.4. The summed E-state index contributed by atoms with van der Waals surface area (Å²) in [6, 6.07) is 15.3. The second-order valence-corrected chi connectivity index (χ2v) is 10.1. The number of imidazole rings is 1. The van der Waals surface area contributed by atoms with Gasteiger partial charge in [0.25, 0.3) is 0 Å². The summed E-state index contributed by atoms with van der Waals surface area (Å²) in [5.74, 6) is 0.756. The van der Waals surface area contributed by atoms with E-state index in [4.69, 9.17) is 9.72 Å². The molecule has 0 saturated carbocycles. The fourth-order valence-corrected chi connectivity index (χ4v) is 5.12. The Bertz CT molecular complexity index is 1380. The number of anilines is 2. The summed E-state index contributed by atoms with van der Waals surface area (Å²) >= 11 is 0. The van der Waals surface area contributed by atoms with Crippen molar-refractivity contribution in [1.82, 2.24) is 19.3 Å². The highest BCUT2D eigenvalue weighted by molar-refractivity contribution is 5.75. The molecule has 178 valence electrons. The largest absolute Gasteiger partial charge is 0.379 e. The van der Waals surface area contributed by atoms with Crippen molar-refractivity contribution in [2.45, 2.75) is 25.7 Å². The number of nitrogens with one attached hydrogen (secondary N) is 1. The van der Waals surface area contributed by atoms with Crippen molar-refractivity contribution in [2.75, 3.05) is 38.2 Å². The first-order valence-corrected chi connectivity index (χ1v) is 12.4. The van der Waals surface area contributed by atoms with Gasteiger partial charge in [-0.15, -0.1) is 0 Å². The summed E-state index contributed by atoms with van der Waals surface area (Å²) in [7, 11) is 0. The third-order valence-corrected chi connectivity index (χ3v) is 7.10. The van der Waals surface area contributed by atoms with E-state index in [0.29, 0.717) is 0 Å². The standard InChI is InChI=1S/C29H31N5O/c1-29(2,20-33-14-16-35-17-15-33)24-8-10-25(11-9-24)31-27-28-30-12-13-34(28)19-26(32-27)23-7-6-21-4-3-5-22(21)18-23/h3-4,6-13,18-19H,5,14-17,20H2,1-2H3,(H,31,32). The van der Waals surface area contributed by atoms with E-state index in [1.54, 1.807) is 0 Å². The lowest BCUT2D eigenvalue weighted by molar-refractivity contribution is 0.0295. The smallest absolute Gasteiger partial charge is 0.180 e. The normalized spacial score (nSPS) is 16.1. The predicted molar refractivity (Wildman–Crippen MR) is 141 cm³/mol. The molecule has 2 aromatic carbocycles. The molecule has 35 heavy (non-hydrogen) atoms. The molecule has 0 amide bonds. The van der Waals surface area contributed by atoms with Crippen molar-refractivity contribution in [2.24, 2.45) is 0 Å². The van der Waals surface area contributed by atoms with E-state index in [1.807, 2.05) is 16.8 Å². The van der Waals surface area contributed by atoms with Crippen LogP contribution in [0.15, 0.2) is 67.1 Å². The SMILES string of the molecule is CC(C)(CN1CCOCC1)c1ccc(Nc2nc(-c3ccc4c(c3)CC=C4)cn3ccnc23)cc1. The van der Waals surface area contributed by atoms with E-state index >= 15 is 0 Å². The fourth-order valence-electron chi connectivity index (χ4n) is 5.12. The van der Waals surface area contributed by atoms with Crippen LogP contribution in [0.5, 0.6) is 0 Å². The van der Waals surface area contributed by atoms with Crippen LogP contribution in [0, 0.1) is 0 Å². The molecule has 6 heteroatoms. The first kappa shape index (κ1) is 22.0. The number of nitrogens with zero attached hydrogens (tertiary/aromatic N) is 4. The second-order valence-electron chi connectivity index (χ2n) is 10.1. The highest BCUT2D eigenvalue weighted by Gasteiger charge is 2.25. The summed E-state index contributed by atoms with van der Waals surface area (Å²) in [4.78, 5) is 12.0. The topological polar surface area (TPSA) is 54.7 Å². The Kier molecular flexibility index (Phi) is 5.63. The van der Waals surface area contributed by atoms with Crippen molar-refractivity contribution in [3.63, 3.8) is 0 Å². The maximum atomic E-state index is 5.51. The Morgan fingerprint density at radius 3 is 2.71 bits per heavy atom. The molecular weight excluding hydrogens is 434 g/mol. The van der Waals surface area contributed by atoms with Gasteiger partial charge in [0.05, 0.1) is 18.9 Å². The van der Waals surface area contributed by atoms with Gasteiger partial charge in [0.15, 0.2) is 11.5 Å². The van der Waals surface area contributed by atoms with Gasteiger partial charge >= 0.3 is 0 Å². The maximum absolute atomic E-state index is 5.51. The summed E-state index contributed by atoms with van der Waals surface area (Å²) in [5, 5.41) is 3.52. The number of hydrogen-bond acceptors (Lipinski definition) is 5. The molecule has 0 atom stereocenters. The average molecular weight is 466 g/mol. The molecule has 6 nitrogen and oxygen atoms in total. The number of ether oxygens (including phenoxy) is 1. The van der Waals surface area contributed by atoms with Crippen LogP contribution < -0.4 is 5.32 Å². The van der Waals surface area contributed by atoms with E-state index in [9.17, 15) is 0 Å². The van der Waals surface area contributed by atoms with Gasteiger partial charge in [-0.25, -0.2) is 9.97 Å². The van der Waals surface area contributed by atoms with Gasteiger partial charge < -0.3 is 14.5 Å². The van der Waals surface area contributed by atoms with Crippen LogP contribution in [0.4, 0.5) is 11.5 Å². The van der Waals surface area contributed by atoms with Crippen LogP contribution in [0.25, 0.3) is 23.0 Å². The Morgan fingerprint density at radius 1 is 1.06 bits per heavy atom. The van der Waals surface area contributed by atoms with Crippen molar-refractivity contribution in [1.29, 1.82) is 0 Å². The number of morpholine rings is 1. The van der Waals surface area contributed by atoms with Gasteiger partial charge in [0.1, 0.15) is 0 Å². The summed E-state index contributed by atoms with van der Waals surface area (Å²) < 4.78 is 7.55. The zero-order chi connectivity index (χ0) is 23.8. The van der Waals surface area contributed by atoms with E-state index in [2.05, 4.69) is 89.9 Å². The average Bonchev–Trinajstić information content (AvgIpc) is 3.54.